The predicted molar refractivity (Wildman–Crippen MR) is 83.8 cm³/mol. The number of hydrogen-bond donors (Lipinski definition) is 1. The highest BCUT2D eigenvalue weighted by atomic mass is 79.9. The molecule has 100 valence electrons. The van der Waals surface area contributed by atoms with E-state index in [9.17, 15) is 0 Å². The van der Waals surface area contributed by atoms with E-state index in [1.54, 1.807) is 7.11 Å². The molecule has 0 aliphatic carbocycles. The molecular weight excluding hydrogens is 302 g/mol. The van der Waals surface area contributed by atoms with Crippen molar-refractivity contribution in [2.75, 3.05) is 12.4 Å². The lowest BCUT2D eigenvalue weighted by Crippen LogP contribution is -2.02. The van der Waals surface area contributed by atoms with Crippen LogP contribution in [0.15, 0.2) is 46.9 Å². The molecule has 0 radical (unpaired) electrons. The maximum absolute atomic E-state index is 5.23. The standard InChI is InChI=1S/C16H18BrNO/c1-3-13-6-4-5-7-15(13)18-11-12-8-9-16(19-2)14(17)10-12/h4-10,18H,3,11H2,1-2H3. The number of benzene rings is 2. The lowest BCUT2D eigenvalue weighted by molar-refractivity contribution is 0.412. The van der Waals surface area contributed by atoms with Crippen molar-refractivity contribution in [1.29, 1.82) is 0 Å². The molecule has 0 aliphatic rings. The zero-order chi connectivity index (χ0) is 13.7. The van der Waals surface area contributed by atoms with Gasteiger partial charge in [0.25, 0.3) is 0 Å². The van der Waals surface area contributed by atoms with Crippen molar-refractivity contribution in [1.82, 2.24) is 0 Å². The van der Waals surface area contributed by atoms with Crippen LogP contribution in [-0.2, 0) is 13.0 Å². The van der Waals surface area contributed by atoms with Crippen molar-refractivity contribution in [2.45, 2.75) is 19.9 Å². The topological polar surface area (TPSA) is 21.3 Å². The van der Waals surface area contributed by atoms with Crippen molar-refractivity contribution >= 4 is 21.6 Å². The predicted octanol–water partition coefficient (Wildman–Crippen LogP) is 4.63. The second-order valence-electron chi connectivity index (χ2n) is 4.33. The van der Waals surface area contributed by atoms with Gasteiger partial charge in [-0.2, -0.15) is 0 Å². The molecule has 0 unspecified atom stereocenters. The third-order valence-electron chi connectivity index (χ3n) is 3.10. The van der Waals surface area contributed by atoms with Gasteiger partial charge in [-0.3, -0.25) is 0 Å². The molecule has 0 saturated carbocycles. The highest BCUT2D eigenvalue weighted by Crippen LogP contribution is 2.26. The molecule has 0 fully saturated rings. The fraction of sp³-hybridized carbons (Fsp3) is 0.250. The Bertz CT molecular complexity index is 554. The zero-order valence-electron chi connectivity index (χ0n) is 11.2. The van der Waals surface area contributed by atoms with Gasteiger partial charge < -0.3 is 10.1 Å². The summed E-state index contributed by atoms with van der Waals surface area (Å²) in [7, 11) is 1.68. The monoisotopic (exact) mass is 319 g/mol. The second-order valence-corrected chi connectivity index (χ2v) is 5.19. The number of nitrogens with one attached hydrogen (secondary N) is 1. The largest absolute Gasteiger partial charge is 0.496 e. The molecule has 0 heterocycles. The smallest absolute Gasteiger partial charge is 0.133 e. The van der Waals surface area contributed by atoms with E-state index in [2.05, 4.69) is 64.6 Å². The summed E-state index contributed by atoms with van der Waals surface area (Å²) in [6.07, 6.45) is 1.04. The van der Waals surface area contributed by atoms with E-state index < -0.39 is 0 Å². The highest BCUT2D eigenvalue weighted by molar-refractivity contribution is 9.10. The van der Waals surface area contributed by atoms with Crippen molar-refractivity contribution in [3.63, 3.8) is 0 Å². The van der Waals surface area contributed by atoms with Crippen LogP contribution in [0.4, 0.5) is 5.69 Å². The lowest BCUT2D eigenvalue weighted by atomic mass is 10.1. The molecule has 0 saturated heterocycles. The molecule has 0 aliphatic heterocycles. The Morgan fingerprint density at radius 1 is 1.16 bits per heavy atom. The van der Waals surface area contributed by atoms with Gasteiger partial charge in [0.15, 0.2) is 0 Å². The molecular formula is C16H18BrNO. The van der Waals surface area contributed by atoms with Crippen molar-refractivity contribution in [3.05, 3.63) is 58.1 Å². The molecule has 2 rings (SSSR count). The average Bonchev–Trinajstić information content (AvgIpc) is 2.45. The number of ether oxygens (including phenoxy) is 1. The van der Waals surface area contributed by atoms with E-state index in [1.165, 1.54) is 16.8 Å². The Balaban J connectivity index is 2.08. The summed E-state index contributed by atoms with van der Waals surface area (Å²) in [5.41, 5.74) is 3.77. The first-order valence-corrected chi connectivity index (χ1v) is 7.18. The van der Waals surface area contributed by atoms with E-state index in [0.29, 0.717) is 0 Å². The number of para-hydroxylation sites is 1. The third-order valence-corrected chi connectivity index (χ3v) is 3.72. The van der Waals surface area contributed by atoms with Crippen molar-refractivity contribution < 1.29 is 4.74 Å². The van der Waals surface area contributed by atoms with Crippen LogP contribution in [-0.4, -0.2) is 7.11 Å². The molecule has 1 N–H and O–H groups in total. The minimum absolute atomic E-state index is 0.805. The maximum atomic E-state index is 5.23. The Labute approximate surface area is 122 Å². The van der Waals surface area contributed by atoms with E-state index in [0.717, 1.165) is 23.2 Å². The summed E-state index contributed by atoms with van der Waals surface area (Å²) >= 11 is 3.51. The van der Waals surface area contributed by atoms with Crippen LogP contribution in [0, 0.1) is 0 Å². The van der Waals surface area contributed by atoms with Crippen LogP contribution in [0.25, 0.3) is 0 Å². The van der Waals surface area contributed by atoms with Gasteiger partial charge in [-0.25, -0.2) is 0 Å². The SMILES string of the molecule is CCc1ccccc1NCc1ccc(OC)c(Br)c1. The van der Waals surface area contributed by atoms with Gasteiger partial charge in [-0.15, -0.1) is 0 Å². The molecule has 2 nitrogen and oxygen atoms in total. The fourth-order valence-corrected chi connectivity index (χ4v) is 2.61. The molecule has 2 aromatic carbocycles. The Morgan fingerprint density at radius 3 is 2.63 bits per heavy atom. The van der Waals surface area contributed by atoms with E-state index in [1.807, 2.05) is 6.07 Å². The third kappa shape index (κ3) is 3.51. The van der Waals surface area contributed by atoms with E-state index in [-0.39, 0.29) is 0 Å². The number of halogens is 1. The molecule has 3 heteroatoms. The summed E-state index contributed by atoms with van der Waals surface area (Å²) in [5, 5.41) is 3.48. The molecule has 0 spiro atoms. The summed E-state index contributed by atoms with van der Waals surface area (Å²) in [6.45, 7) is 2.98. The Kier molecular flexibility index (Phi) is 4.86. The van der Waals surface area contributed by atoms with E-state index >= 15 is 0 Å². The maximum Gasteiger partial charge on any atom is 0.133 e. The Hall–Kier alpha value is -1.48. The van der Waals surface area contributed by atoms with Crippen molar-refractivity contribution in [3.8, 4) is 5.75 Å². The molecule has 0 atom stereocenters. The molecule has 0 amide bonds. The van der Waals surface area contributed by atoms with Gasteiger partial charge in [0.2, 0.25) is 0 Å². The molecule has 0 bridgehead atoms. The fourth-order valence-electron chi connectivity index (χ4n) is 2.02. The number of rotatable bonds is 5. The number of aryl methyl sites for hydroxylation is 1. The number of anilines is 1. The highest BCUT2D eigenvalue weighted by Gasteiger charge is 2.03. The minimum Gasteiger partial charge on any atom is -0.496 e. The van der Waals surface area contributed by atoms with Gasteiger partial charge in [0.1, 0.15) is 5.75 Å². The van der Waals surface area contributed by atoms with Crippen molar-refractivity contribution in [2.24, 2.45) is 0 Å². The first kappa shape index (κ1) is 13.9. The average molecular weight is 320 g/mol. The number of methoxy groups -OCH3 is 1. The summed E-state index contributed by atoms with van der Waals surface area (Å²) in [6, 6.07) is 14.6. The molecule has 0 aromatic heterocycles. The number of hydrogen-bond acceptors (Lipinski definition) is 2. The summed E-state index contributed by atoms with van der Waals surface area (Å²) in [5.74, 6) is 0.859. The van der Waals surface area contributed by atoms with E-state index in [4.69, 9.17) is 4.74 Å². The van der Waals surface area contributed by atoms with Gasteiger partial charge in [0.05, 0.1) is 11.6 Å². The summed E-state index contributed by atoms with van der Waals surface area (Å²) < 4.78 is 6.22. The van der Waals surface area contributed by atoms with Gasteiger partial charge in [-0.05, 0) is 51.7 Å². The first-order valence-electron chi connectivity index (χ1n) is 6.38. The van der Waals surface area contributed by atoms with Crippen LogP contribution < -0.4 is 10.1 Å². The zero-order valence-corrected chi connectivity index (χ0v) is 12.8. The quantitative estimate of drug-likeness (QED) is 0.867. The minimum atomic E-state index is 0.805. The lowest BCUT2D eigenvalue weighted by Gasteiger charge is -2.12. The van der Waals surface area contributed by atoms with Crippen LogP contribution >= 0.6 is 15.9 Å². The second kappa shape index (κ2) is 6.62. The van der Waals surface area contributed by atoms with Crippen LogP contribution in [0.3, 0.4) is 0 Å². The van der Waals surface area contributed by atoms with Gasteiger partial charge in [0, 0.05) is 12.2 Å². The van der Waals surface area contributed by atoms with Gasteiger partial charge >= 0.3 is 0 Å². The van der Waals surface area contributed by atoms with Crippen LogP contribution in [0.2, 0.25) is 0 Å². The summed E-state index contributed by atoms with van der Waals surface area (Å²) in [4.78, 5) is 0. The first-order chi connectivity index (χ1) is 9.24. The Morgan fingerprint density at radius 2 is 1.95 bits per heavy atom. The normalized spacial score (nSPS) is 10.3. The van der Waals surface area contributed by atoms with Gasteiger partial charge in [-0.1, -0.05) is 31.2 Å². The molecule has 2 aromatic rings. The van der Waals surface area contributed by atoms with Crippen LogP contribution in [0.1, 0.15) is 18.1 Å². The molecule has 19 heavy (non-hydrogen) atoms. The van der Waals surface area contributed by atoms with Crippen LogP contribution in [0.5, 0.6) is 5.75 Å².